The summed E-state index contributed by atoms with van der Waals surface area (Å²) in [5.74, 6) is -1.21. The van der Waals surface area contributed by atoms with Gasteiger partial charge in [0.25, 0.3) is 0 Å². The van der Waals surface area contributed by atoms with Gasteiger partial charge in [0.2, 0.25) is 5.78 Å². The Morgan fingerprint density at radius 3 is 2.57 bits per heavy atom. The fraction of sp³-hybridized carbons (Fsp3) is 0.579. The molecule has 0 bridgehead atoms. The Morgan fingerprint density at radius 1 is 1.29 bits per heavy atom. The van der Waals surface area contributed by atoms with E-state index in [9.17, 15) is 22.8 Å². The molecule has 2 rings (SSSR count). The van der Waals surface area contributed by atoms with Gasteiger partial charge in [-0.1, -0.05) is 6.07 Å². The van der Waals surface area contributed by atoms with Gasteiger partial charge in [0.15, 0.2) is 0 Å². The lowest BCUT2D eigenvalue weighted by Crippen LogP contribution is -2.38. The molecule has 156 valence electrons. The highest BCUT2D eigenvalue weighted by Crippen LogP contribution is 2.30. The molecule has 0 aliphatic carbocycles. The Kier molecular flexibility index (Phi) is 6.46. The van der Waals surface area contributed by atoms with Gasteiger partial charge in [0, 0.05) is 19.5 Å². The number of hydrogen-bond donors (Lipinski definition) is 1. The van der Waals surface area contributed by atoms with Gasteiger partial charge in [0.05, 0.1) is 12.2 Å². The van der Waals surface area contributed by atoms with Crippen molar-refractivity contribution in [2.45, 2.75) is 58.5 Å². The summed E-state index contributed by atoms with van der Waals surface area (Å²) in [7, 11) is 0. The number of ketones is 1. The number of amides is 1. The summed E-state index contributed by atoms with van der Waals surface area (Å²) in [5, 5.41) is 3.20. The number of carbonyl (C=O) groups excluding carboxylic acids is 2. The average Bonchev–Trinajstić information content (AvgIpc) is 2.55. The number of nitrogens with one attached hydrogen (secondary N) is 1. The topological polar surface area (TPSA) is 67.9 Å². The molecular weight excluding hydrogens is 377 g/mol. The standard InChI is InChI=1S/C19H25F3N2O4/c1-12-10-23-14-9-13(5-6-15(14)27-12)11-24(17(26)28-18(2,3)4)8-7-16(25)19(20,21)22/h5-6,9,12,23H,7-8,10-11H2,1-4H3. The van der Waals surface area contributed by atoms with Gasteiger partial charge in [0.1, 0.15) is 17.5 Å². The van der Waals surface area contributed by atoms with E-state index in [4.69, 9.17) is 9.47 Å². The molecule has 6 nitrogen and oxygen atoms in total. The predicted octanol–water partition coefficient (Wildman–Crippen LogP) is 4.14. The van der Waals surface area contributed by atoms with Crippen molar-refractivity contribution in [1.82, 2.24) is 4.90 Å². The van der Waals surface area contributed by atoms with Crippen LogP contribution in [0.15, 0.2) is 18.2 Å². The lowest BCUT2D eigenvalue weighted by Gasteiger charge is -2.28. The lowest BCUT2D eigenvalue weighted by atomic mass is 10.1. The molecule has 1 aromatic carbocycles. The number of alkyl halides is 3. The minimum Gasteiger partial charge on any atom is -0.487 e. The lowest BCUT2D eigenvalue weighted by molar-refractivity contribution is -0.171. The predicted molar refractivity (Wildman–Crippen MR) is 97.3 cm³/mol. The van der Waals surface area contributed by atoms with Crippen LogP contribution in [0.25, 0.3) is 0 Å². The molecular formula is C19H25F3N2O4. The van der Waals surface area contributed by atoms with Crippen molar-refractivity contribution in [1.29, 1.82) is 0 Å². The summed E-state index contributed by atoms with van der Waals surface area (Å²) in [6.45, 7) is 7.12. The van der Waals surface area contributed by atoms with E-state index in [1.807, 2.05) is 6.92 Å². The Bertz CT molecular complexity index is 729. The van der Waals surface area contributed by atoms with Gasteiger partial charge in [-0.15, -0.1) is 0 Å². The van der Waals surface area contributed by atoms with E-state index in [2.05, 4.69) is 5.32 Å². The number of hydrogen-bond acceptors (Lipinski definition) is 5. The molecule has 1 aromatic rings. The number of Topliss-reactive ketones (excluding diaryl/α,β-unsaturated/α-hetero) is 1. The molecule has 1 aliphatic rings. The zero-order valence-electron chi connectivity index (χ0n) is 16.4. The van der Waals surface area contributed by atoms with Crippen LogP contribution >= 0.6 is 0 Å². The van der Waals surface area contributed by atoms with E-state index in [1.165, 1.54) is 0 Å². The monoisotopic (exact) mass is 402 g/mol. The highest BCUT2D eigenvalue weighted by Gasteiger charge is 2.38. The third-order valence-electron chi connectivity index (χ3n) is 3.90. The van der Waals surface area contributed by atoms with Crippen molar-refractivity contribution >= 4 is 17.6 Å². The van der Waals surface area contributed by atoms with E-state index in [0.29, 0.717) is 17.9 Å². The Morgan fingerprint density at radius 2 is 1.96 bits per heavy atom. The summed E-state index contributed by atoms with van der Waals surface area (Å²) in [6.07, 6.45) is -6.52. The zero-order chi connectivity index (χ0) is 21.1. The van der Waals surface area contributed by atoms with Crippen LogP contribution in [-0.4, -0.2) is 47.7 Å². The van der Waals surface area contributed by atoms with E-state index >= 15 is 0 Å². The van der Waals surface area contributed by atoms with E-state index in [1.54, 1.807) is 39.0 Å². The first-order chi connectivity index (χ1) is 12.8. The van der Waals surface area contributed by atoms with Crippen molar-refractivity contribution in [3.8, 4) is 5.75 Å². The average molecular weight is 402 g/mol. The second-order valence-corrected chi connectivity index (χ2v) is 7.71. The van der Waals surface area contributed by atoms with Crippen LogP contribution in [0.4, 0.5) is 23.7 Å². The van der Waals surface area contributed by atoms with Crippen LogP contribution in [0.1, 0.15) is 39.7 Å². The van der Waals surface area contributed by atoms with Crippen molar-refractivity contribution in [2.75, 3.05) is 18.4 Å². The van der Waals surface area contributed by atoms with Gasteiger partial charge in [-0.2, -0.15) is 13.2 Å². The Balaban J connectivity index is 2.14. The highest BCUT2D eigenvalue weighted by atomic mass is 19.4. The van der Waals surface area contributed by atoms with Crippen molar-refractivity contribution in [3.63, 3.8) is 0 Å². The molecule has 0 radical (unpaired) electrons. The zero-order valence-corrected chi connectivity index (χ0v) is 16.4. The number of fused-ring (bicyclic) bond motifs is 1. The van der Waals surface area contributed by atoms with Gasteiger partial charge in [-0.3, -0.25) is 4.79 Å². The molecule has 0 aromatic heterocycles. The van der Waals surface area contributed by atoms with Crippen molar-refractivity contribution < 1.29 is 32.2 Å². The number of nitrogens with zero attached hydrogens (tertiary/aromatic N) is 1. The van der Waals surface area contributed by atoms with Gasteiger partial charge in [-0.05, 0) is 45.4 Å². The number of benzene rings is 1. The molecule has 1 unspecified atom stereocenters. The van der Waals surface area contributed by atoms with Gasteiger partial charge in [-0.25, -0.2) is 4.79 Å². The SMILES string of the molecule is CC1CNc2cc(CN(CCC(=O)C(F)(F)F)C(=O)OC(C)(C)C)ccc2O1. The number of carbonyl (C=O) groups is 2. The Hall–Kier alpha value is -2.45. The fourth-order valence-corrected chi connectivity index (χ4v) is 2.59. The molecule has 1 aliphatic heterocycles. The van der Waals surface area contributed by atoms with Gasteiger partial charge >= 0.3 is 12.3 Å². The molecule has 0 spiro atoms. The summed E-state index contributed by atoms with van der Waals surface area (Å²) in [4.78, 5) is 24.7. The number of halogens is 3. The largest absolute Gasteiger partial charge is 0.487 e. The summed E-state index contributed by atoms with van der Waals surface area (Å²) >= 11 is 0. The number of ether oxygens (including phenoxy) is 2. The molecule has 9 heteroatoms. The summed E-state index contributed by atoms with van der Waals surface area (Å²) < 4.78 is 48.5. The number of rotatable bonds is 5. The van der Waals surface area contributed by atoms with Crippen LogP contribution in [0.5, 0.6) is 5.75 Å². The fourth-order valence-electron chi connectivity index (χ4n) is 2.59. The quantitative estimate of drug-likeness (QED) is 0.802. The maximum absolute atomic E-state index is 12.5. The molecule has 0 saturated carbocycles. The van der Waals surface area contributed by atoms with Crippen LogP contribution < -0.4 is 10.1 Å². The molecule has 0 saturated heterocycles. The van der Waals surface area contributed by atoms with Crippen LogP contribution in [0, 0.1) is 0 Å². The number of anilines is 1. The third kappa shape index (κ3) is 6.31. The first-order valence-electron chi connectivity index (χ1n) is 8.96. The van der Waals surface area contributed by atoms with Crippen molar-refractivity contribution in [2.24, 2.45) is 0 Å². The highest BCUT2D eigenvalue weighted by molar-refractivity contribution is 5.84. The first-order valence-corrected chi connectivity index (χ1v) is 8.96. The second kappa shape index (κ2) is 8.28. The molecule has 28 heavy (non-hydrogen) atoms. The maximum atomic E-state index is 12.5. The van der Waals surface area contributed by atoms with Crippen LogP contribution in [0.2, 0.25) is 0 Å². The summed E-state index contributed by atoms with van der Waals surface area (Å²) in [5.41, 5.74) is 0.603. The third-order valence-corrected chi connectivity index (χ3v) is 3.90. The van der Waals surface area contributed by atoms with Crippen LogP contribution in [-0.2, 0) is 16.1 Å². The van der Waals surface area contributed by atoms with Crippen molar-refractivity contribution in [3.05, 3.63) is 23.8 Å². The second-order valence-electron chi connectivity index (χ2n) is 7.71. The van der Waals surface area contributed by atoms with Crippen LogP contribution in [0.3, 0.4) is 0 Å². The minimum absolute atomic E-state index is 0.00453. The molecule has 0 fully saturated rings. The van der Waals surface area contributed by atoms with E-state index < -0.39 is 36.6 Å². The molecule has 1 atom stereocenters. The maximum Gasteiger partial charge on any atom is 0.450 e. The van der Waals surface area contributed by atoms with E-state index in [0.717, 1.165) is 10.6 Å². The normalized spacial score (nSPS) is 16.5. The molecule has 1 heterocycles. The summed E-state index contributed by atoms with van der Waals surface area (Å²) in [6, 6.07) is 5.23. The molecule has 1 amide bonds. The van der Waals surface area contributed by atoms with Gasteiger partial charge < -0.3 is 19.7 Å². The minimum atomic E-state index is -4.93. The molecule has 1 N–H and O–H groups in total. The smallest absolute Gasteiger partial charge is 0.450 e. The van der Waals surface area contributed by atoms with E-state index in [-0.39, 0.29) is 12.6 Å². The Labute approximate surface area is 162 Å². The first kappa shape index (κ1) is 21.8.